The standard InChI is InChI=1S/C19H16O4/c20-11-18(21)13-3-1-12(2-4-13)14-5-6-16-10-17(19(22)23)8-7-15(16)9-14/h1-10,18,20-21H,11H2,(H,22,23). The van der Waals surface area contributed by atoms with Crippen molar-refractivity contribution in [2.75, 3.05) is 6.61 Å². The minimum Gasteiger partial charge on any atom is -0.478 e. The molecule has 3 aromatic carbocycles. The third-order valence-electron chi connectivity index (χ3n) is 3.89. The molecule has 3 N–H and O–H groups in total. The zero-order valence-electron chi connectivity index (χ0n) is 12.3. The van der Waals surface area contributed by atoms with E-state index in [2.05, 4.69) is 0 Å². The number of hydrogen-bond acceptors (Lipinski definition) is 3. The summed E-state index contributed by atoms with van der Waals surface area (Å²) < 4.78 is 0. The Balaban J connectivity index is 1.97. The molecular formula is C19H16O4. The molecule has 23 heavy (non-hydrogen) atoms. The van der Waals surface area contributed by atoms with E-state index < -0.39 is 12.1 Å². The molecule has 3 aromatic rings. The van der Waals surface area contributed by atoms with Crippen LogP contribution in [0, 0.1) is 0 Å². The highest BCUT2D eigenvalue weighted by atomic mass is 16.4. The Bertz CT molecular complexity index is 853. The van der Waals surface area contributed by atoms with Crippen LogP contribution in [0.1, 0.15) is 22.0 Å². The molecule has 0 heterocycles. The number of rotatable bonds is 4. The first kappa shape index (κ1) is 15.2. The molecule has 0 aliphatic heterocycles. The maximum Gasteiger partial charge on any atom is 0.335 e. The van der Waals surface area contributed by atoms with Crippen LogP contribution < -0.4 is 0 Å². The molecule has 0 amide bonds. The molecule has 0 aliphatic rings. The number of benzene rings is 3. The summed E-state index contributed by atoms with van der Waals surface area (Å²) >= 11 is 0. The average molecular weight is 308 g/mol. The Morgan fingerprint density at radius 3 is 2.13 bits per heavy atom. The molecule has 0 aromatic heterocycles. The summed E-state index contributed by atoms with van der Waals surface area (Å²) in [6, 6.07) is 18.2. The van der Waals surface area contributed by atoms with Gasteiger partial charge >= 0.3 is 5.97 Å². The predicted molar refractivity (Wildman–Crippen MR) is 88.4 cm³/mol. The normalized spacial score (nSPS) is 12.3. The average Bonchev–Trinajstić information content (AvgIpc) is 2.60. The van der Waals surface area contributed by atoms with Gasteiger partial charge in [-0.3, -0.25) is 0 Å². The van der Waals surface area contributed by atoms with E-state index in [9.17, 15) is 9.90 Å². The Morgan fingerprint density at radius 2 is 1.48 bits per heavy atom. The van der Waals surface area contributed by atoms with Gasteiger partial charge in [0, 0.05) is 0 Å². The van der Waals surface area contributed by atoms with Crippen LogP contribution >= 0.6 is 0 Å². The molecule has 0 fully saturated rings. The van der Waals surface area contributed by atoms with Crippen LogP contribution in [0.25, 0.3) is 21.9 Å². The second-order valence-corrected chi connectivity index (χ2v) is 5.40. The van der Waals surface area contributed by atoms with E-state index in [1.165, 1.54) is 0 Å². The highest BCUT2D eigenvalue weighted by Gasteiger charge is 2.07. The molecule has 0 radical (unpaired) electrons. The van der Waals surface area contributed by atoms with Crippen molar-refractivity contribution >= 4 is 16.7 Å². The van der Waals surface area contributed by atoms with Crippen molar-refractivity contribution in [3.05, 3.63) is 71.8 Å². The Hall–Kier alpha value is -2.69. The fraction of sp³-hybridized carbons (Fsp3) is 0.105. The molecule has 0 spiro atoms. The van der Waals surface area contributed by atoms with Crippen molar-refractivity contribution < 1.29 is 20.1 Å². The highest BCUT2D eigenvalue weighted by molar-refractivity contribution is 5.95. The molecule has 3 rings (SSSR count). The smallest absolute Gasteiger partial charge is 0.335 e. The fourth-order valence-electron chi connectivity index (χ4n) is 2.56. The highest BCUT2D eigenvalue weighted by Crippen LogP contribution is 2.26. The van der Waals surface area contributed by atoms with Crippen LogP contribution in [-0.4, -0.2) is 27.9 Å². The van der Waals surface area contributed by atoms with Crippen molar-refractivity contribution in [2.24, 2.45) is 0 Å². The van der Waals surface area contributed by atoms with E-state index in [1.54, 1.807) is 30.3 Å². The zero-order valence-corrected chi connectivity index (χ0v) is 12.3. The first-order valence-electron chi connectivity index (χ1n) is 7.25. The monoisotopic (exact) mass is 308 g/mol. The SMILES string of the molecule is O=C(O)c1ccc2cc(-c3ccc(C(O)CO)cc3)ccc2c1. The number of aliphatic hydroxyl groups is 2. The molecule has 4 nitrogen and oxygen atoms in total. The quantitative estimate of drug-likeness (QED) is 0.691. The second kappa shape index (κ2) is 6.20. The minimum atomic E-state index is -0.936. The molecule has 0 bridgehead atoms. The number of carbonyl (C=O) groups is 1. The lowest BCUT2D eigenvalue weighted by molar-refractivity contribution is 0.0697. The minimum absolute atomic E-state index is 0.271. The third kappa shape index (κ3) is 3.08. The second-order valence-electron chi connectivity index (χ2n) is 5.40. The third-order valence-corrected chi connectivity index (χ3v) is 3.89. The summed E-state index contributed by atoms with van der Waals surface area (Å²) in [6.45, 7) is -0.304. The molecular weight excluding hydrogens is 292 g/mol. The summed E-state index contributed by atoms with van der Waals surface area (Å²) in [4.78, 5) is 11.0. The summed E-state index contributed by atoms with van der Waals surface area (Å²) in [5, 5.41) is 29.4. The van der Waals surface area contributed by atoms with Crippen LogP contribution in [-0.2, 0) is 0 Å². The molecule has 0 saturated heterocycles. The Labute approximate surface area is 133 Å². The van der Waals surface area contributed by atoms with Crippen LogP contribution in [0.4, 0.5) is 0 Å². The van der Waals surface area contributed by atoms with Gasteiger partial charge in [0.15, 0.2) is 0 Å². The fourth-order valence-corrected chi connectivity index (χ4v) is 2.56. The number of aromatic carboxylic acids is 1. The van der Waals surface area contributed by atoms with Crippen molar-refractivity contribution in [3.63, 3.8) is 0 Å². The van der Waals surface area contributed by atoms with Gasteiger partial charge in [0.05, 0.1) is 12.2 Å². The van der Waals surface area contributed by atoms with E-state index in [4.69, 9.17) is 10.2 Å². The molecule has 4 heteroatoms. The van der Waals surface area contributed by atoms with Gasteiger partial charge in [-0.1, -0.05) is 42.5 Å². The van der Waals surface area contributed by atoms with Gasteiger partial charge in [0.2, 0.25) is 0 Å². The zero-order chi connectivity index (χ0) is 16.4. The number of carboxylic acid groups (broad SMARTS) is 1. The Kier molecular flexibility index (Phi) is 4.10. The van der Waals surface area contributed by atoms with Crippen LogP contribution in [0.15, 0.2) is 60.7 Å². The summed E-state index contributed by atoms with van der Waals surface area (Å²) in [6.07, 6.45) is -0.866. The van der Waals surface area contributed by atoms with Crippen molar-refractivity contribution in [2.45, 2.75) is 6.10 Å². The summed E-state index contributed by atoms with van der Waals surface area (Å²) in [7, 11) is 0. The predicted octanol–water partition coefficient (Wildman–Crippen LogP) is 3.23. The van der Waals surface area contributed by atoms with E-state index in [-0.39, 0.29) is 12.2 Å². The molecule has 1 atom stereocenters. The van der Waals surface area contributed by atoms with Crippen LogP contribution in [0.5, 0.6) is 0 Å². The van der Waals surface area contributed by atoms with Crippen molar-refractivity contribution in [3.8, 4) is 11.1 Å². The van der Waals surface area contributed by atoms with Gasteiger partial charge in [-0.05, 0) is 45.7 Å². The number of carboxylic acids is 1. The van der Waals surface area contributed by atoms with Gasteiger partial charge in [-0.15, -0.1) is 0 Å². The van der Waals surface area contributed by atoms with Gasteiger partial charge in [-0.2, -0.15) is 0 Å². The van der Waals surface area contributed by atoms with Gasteiger partial charge < -0.3 is 15.3 Å². The molecule has 0 saturated carbocycles. The van der Waals surface area contributed by atoms with Crippen molar-refractivity contribution in [1.29, 1.82) is 0 Å². The van der Waals surface area contributed by atoms with Gasteiger partial charge in [-0.25, -0.2) is 4.79 Å². The number of hydrogen-bond donors (Lipinski definition) is 3. The van der Waals surface area contributed by atoms with E-state index in [1.807, 2.05) is 30.3 Å². The van der Waals surface area contributed by atoms with E-state index in [0.29, 0.717) is 5.56 Å². The molecule has 1 unspecified atom stereocenters. The first-order valence-corrected chi connectivity index (χ1v) is 7.25. The maximum atomic E-state index is 11.0. The van der Waals surface area contributed by atoms with Crippen LogP contribution in [0.2, 0.25) is 0 Å². The van der Waals surface area contributed by atoms with E-state index >= 15 is 0 Å². The van der Waals surface area contributed by atoms with Gasteiger partial charge in [0.1, 0.15) is 6.10 Å². The van der Waals surface area contributed by atoms with Gasteiger partial charge in [0.25, 0.3) is 0 Å². The summed E-state index contributed by atoms with van der Waals surface area (Å²) in [5.74, 6) is -0.936. The van der Waals surface area contributed by atoms with E-state index in [0.717, 1.165) is 21.9 Å². The lowest BCUT2D eigenvalue weighted by Gasteiger charge is -2.09. The largest absolute Gasteiger partial charge is 0.478 e. The molecule has 116 valence electrons. The topological polar surface area (TPSA) is 77.8 Å². The lowest BCUT2D eigenvalue weighted by Crippen LogP contribution is -2.01. The number of aliphatic hydroxyl groups excluding tert-OH is 2. The summed E-state index contributed by atoms with van der Waals surface area (Å²) in [5.41, 5.74) is 2.93. The lowest BCUT2D eigenvalue weighted by atomic mass is 9.98. The molecule has 0 aliphatic carbocycles. The maximum absolute atomic E-state index is 11.0. The number of fused-ring (bicyclic) bond motifs is 1. The Morgan fingerprint density at radius 1 is 0.870 bits per heavy atom. The van der Waals surface area contributed by atoms with Crippen LogP contribution in [0.3, 0.4) is 0 Å². The first-order chi connectivity index (χ1) is 11.1. The van der Waals surface area contributed by atoms with Crippen molar-refractivity contribution in [1.82, 2.24) is 0 Å².